The molecule has 3 heterocycles. The summed E-state index contributed by atoms with van der Waals surface area (Å²) in [5.74, 6) is -2.90. The molecule has 1 spiro atoms. The Labute approximate surface area is 267 Å². The number of fused-ring (bicyclic) bond motifs is 1. The van der Waals surface area contributed by atoms with Gasteiger partial charge in [0, 0.05) is 17.9 Å². The Morgan fingerprint density at radius 3 is 2.41 bits per heavy atom. The fourth-order valence-electron chi connectivity index (χ4n) is 7.17. The molecule has 3 aliphatic rings. The van der Waals surface area contributed by atoms with Crippen LogP contribution in [0.4, 0.5) is 0 Å². The van der Waals surface area contributed by atoms with Crippen LogP contribution in [0.15, 0.2) is 86.0 Å². The lowest BCUT2D eigenvalue weighted by Crippen LogP contribution is -2.59. The van der Waals surface area contributed by atoms with E-state index in [9.17, 15) is 19.5 Å². The topological polar surface area (TPSA) is 96.4 Å². The number of ether oxygens (including phenoxy) is 2. The summed E-state index contributed by atoms with van der Waals surface area (Å²) in [5.41, 5.74) is 0.606. The normalized spacial score (nSPS) is 27.5. The van der Waals surface area contributed by atoms with Crippen LogP contribution in [0.5, 0.6) is 0 Å². The highest BCUT2D eigenvalue weighted by Crippen LogP contribution is 2.60. The molecule has 2 aromatic rings. The highest BCUT2D eigenvalue weighted by molar-refractivity contribution is 9.09. The third kappa shape index (κ3) is 6.14. The van der Waals surface area contributed by atoms with Gasteiger partial charge in [-0.1, -0.05) is 88.7 Å². The van der Waals surface area contributed by atoms with Crippen molar-refractivity contribution in [3.05, 3.63) is 97.1 Å². The van der Waals surface area contributed by atoms with Gasteiger partial charge in [-0.05, 0) is 43.2 Å². The number of esters is 1. The second-order valence-corrected chi connectivity index (χ2v) is 13.1. The van der Waals surface area contributed by atoms with Crippen molar-refractivity contribution in [2.75, 3.05) is 19.8 Å². The number of benzene rings is 2. The molecule has 7 atom stereocenters. The summed E-state index contributed by atoms with van der Waals surface area (Å²) < 4.78 is 12.4. The minimum Gasteiger partial charge on any atom is -0.465 e. The highest BCUT2D eigenvalue weighted by atomic mass is 79.9. The van der Waals surface area contributed by atoms with Gasteiger partial charge in [0.15, 0.2) is 0 Å². The summed E-state index contributed by atoms with van der Waals surface area (Å²) in [6.45, 7) is 8.06. The number of likely N-dealkylation sites (tertiary alicyclic amines) is 1. The second-order valence-electron chi connectivity index (χ2n) is 11.9. The average Bonchev–Trinajstić information content (AvgIpc) is 3.63. The van der Waals surface area contributed by atoms with Crippen molar-refractivity contribution in [3.8, 4) is 0 Å². The fourth-order valence-corrected chi connectivity index (χ4v) is 8.11. The Bertz CT molecular complexity index is 1340. The standard InChI is InChI=1S/C35H41BrN2O6/c1-3-5-6-13-19-43-34(42)28-29-32(40)38(26(23-39)20-24-14-9-7-10-15-24)31(35(29)21-27(36)30(28)44-35)33(41)37(18-4-2)22-25-16-11-8-12-17-25/h3-4,7-12,14-17,26-31,39H,1-2,5-6,13,18-23H2/t26-,27?,28-,29+,30-,31?,35?/m1/s1. The van der Waals surface area contributed by atoms with Gasteiger partial charge >= 0.3 is 5.97 Å². The third-order valence-electron chi connectivity index (χ3n) is 9.08. The van der Waals surface area contributed by atoms with Crippen LogP contribution in [0.3, 0.4) is 0 Å². The van der Waals surface area contributed by atoms with Gasteiger partial charge < -0.3 is 24.4 Å². The van der Waals surface area contributed by atoms with E-state index in [2.05, 4.69) is 29.1 Å². The largest absolute Gasteiger partial charge is 0.465 e. The van der Waals surface area contributed by atoms with Crippen molar-refractivity contribution in [2.24, 2.45) is 11.8 Å². The Kier molecular flexibility index (Phi) is 10.4. The minimum absolute atomic E-state index is 0.236. The summed E-state index contributed by atoms with van der Waals surface area (Å²) in [5, 5.41) is 10.7. The lowest BCUT2D eigenvalue weighted by molar-refractivity contribution is -0.156. The number of unbranched alkanes of at least 4 members (excludes halogenated alkanes) is 2. The number of rotatable bonds is 15. The van der Waals surface area contributed by atoms with E-state index in [1.54, 1.807) is 11.0 Å². The maximum Gasteiger partial charge on any atom is 0.312 e. The van der Waals surface area contributed by atoms with Crippen LogP contribution in [0, 0.1) is 11.8 Å². The number of aliphatic hydroxyl groups excluding tert-OH is 1. The van der Waals surface area contributed by atoms with Gasteiger partial charge in [0.1, 0.15) is 11.6 Å². The molecule has 8 nitrogen and oxygen atoms in total. The number of alkyl halides is 1. The fraction of sp³-hybridized carbons (Fsp3) is 0.457. The van der Waals surface area contributed by atoms with Gasteiger partial charge in [-0.3, -0.25) is 14.4 Å². The summed E-state index contributed by atoms with van der Waals surface area (Å²) >= 11 is 3.72. The number of amides is 2. The number of carbonyl (C=O) groups excluding carboxylic acids is 3. The molecule has 9 heteroatoms. The molecule has 0 radical (unpaired) electrons. The number of carbonyl (C=O) groups is 3. The first-order valence-corrected chi connectivity index (χ1v) is 16.3. The summed E-state index contributed by atoms with van der Waals surface area (Å²) in [4.78, 5) is 45.9. The van der Waals surface area contributed by atoms with E-state index in [0.29, 0.717) is 25.8 Å². The zero-order chi connectivity index (χ0) is 31.3. The van der Waals surface area contributed by atoms with Gasteiger partial charge in [0.2, 0.25) is 11.8 Å². The van der Waals surface area contributed by atoms with Gasteiger partial charge in [0.25, 0.3) is 0 Å². The molecule has 3 unspecified atom stereocenters. The second kappa shape index (κ2) is 14.2. The van der Waals surface area contributed by atoms with E-state index in [1.165, 1.54) is 4.90 Å². The molecule has 234 valence electrons. The number of hydrogen-bond acceptors (Lipinski definition) is 6. The summed E-state index contributed by atoms with van der Waals surface area (Å²) in [7, 11) is 0. The first-order valence-electron chi connectivity index (χ1n) is 15.4. The van der Waals surface area contributed by atoms with E-state index < -0.39 is 41.6 Å². The number of allylic oxidation sites excluding steroid dienone is 1. The average molecular weight is 666 g/mol. The Morgan fingerprint density at radius 2 is 1.77 bits per heavy atom. The van der Waals surface area contributed by atoms with Crippen LogP contribution in [-0.4, -0.2) is 81.1 Å². The number of halogens is 1. The van der Waals surface area contributed by atoms with E-state index in [-0.39, 0.29) is 36.4 Å². The first kappa shape index (κ1) is 32.1. The van der Waals surface area contributed by atoms with E-state index in [4.69, 9.17) is 9.47 Å². The molecule has 2 amide bonds. The summed E-state index contributed by atoms with van der Waals surface area (Å²) in [6, 6.07) is 17.5. The molecule has 0 aromatic heterocycles. The van der Waals surface area contributed by atoms with E-state index in [1.807, 2.05) is 66.7 Å². The number of nitrogens with zero attached hydrogens (tertiary/aromatic N) is 2. The SMILES string of the molecule is C=CCCCCOC(=O)[C@H]1[C@@H]2OC3(CC2Br)C(C(=O)N(CC=C)Cc2ccccc2)N([C@@H](CO)Cc2ccccc2)C(=O)[C@H]13. The van der Waals surface area contributed by atoms with Crippen LogP contribution in [-0.2, 0) is 36.8 Å². The Balaban J connectivity index is 1.52. The third-order valence-corrected chi connectivity index (χ3v) is 9.92. The van der Waals surface area contributed by atoms with E-state index in [0.717, 1.165) is 24.0 Å². The number of hydrogen-bond donors (Lipinski definition) is 1. The molecular weight excluding hydrogens is 624 g/mol. The molecule has 0 saturated carbocycles. The van der Waals surface area contributed by atoms with Gasteiger partial charge in [-0.25, -0.2) is 0 Å². The lowest BCUT2D eigenvalue weighted by Gasteiger charge is -2.39. The highest BCUT2D eigenvalue weighted by Gasteiger charge is 2.77. The zero-order valence-electron chi connectivity index (χ0n) is 24.9. The Morgan fingerprint density at radius 1 is 1.09 bits per heavy atom. The predicted molar refractivity (Wildman–Crippen MR) is 171 cm³/mol. The van der Waals surface area contributed by atoms with Crippen LogP contribution < -0.4 is 0 Å². The lowest BCUT2D eigenvalue weighted by atomic mass is 9.70. The van der Waals surface area contributed by atoms with Crippen molar-refractivity contribution in [3.63, 3.8) is 0 Å². The monoisotopic (exact) mass is 664 g/mol. The van der Waals surface area contributed by atoms with Crippen LogP contribution in [0.25, 0.3) is 0 Å². The molecule has 44 heavy (non-hydrogen) atoms. The summed E-state index contributed by atoms with van der Waals surface area (Å²) in [6.07, 6.45) is 5.96. The van der Waals surface area contributed by atoms with Crippen molar-refractivity contribution in [1.82, 2.24) is 9.80 Å². The molecular formula is C35H41BrN2O6. The molecule has 3 saturated heterocycles. The predicted octanol–water partition coefficient (Wildman–Crippen LogP) is 4.45. The molecule has 3 aliphatic heterocycles. The molecule has 3 fully saturated rings. The molecule has 2 bridgehead atoms. The van der Waals surface area contributed by atoms with Crippen LogP contribution in [0.2, 0.25) is 0 Å². The molecule has 1 N–H and O–H groups in total. The van der Waals surface area contributed by atoms with Gasteiger partial charge in [0.05, 0.1) is 37.2 Å². The van der Waals surface area contributed by atoms with E-state index >= 15 is 0 Å². The zero-order valence-corrected chi connectivity index (χ0v) is 26.5. The van der Waals surface area contributed by atoms with Crippen molar-refractivity contribution < 1.29 is 29.0 Å². The van der Waals surface area contributed by atoms with Crippen LogP contribution >= 0.6 is 15.9 Å². The van der Waals surface area contributed by atoms with Crippen molar-refractivity contribution in [1.29, 1.82) is 0 Å². The maximum absolute atomic E-state index is 14.7. The maximum atomic E-state index is 14.7. The van der Waals surface area contributed by atoms with Crippen LogP contribution in [0.1, 0.15) is 36.8 Å². The first-order chi connectivity index (χ1) is 21.4. The van der Waals surface area contributed by atoms with Crippen molar-refractivity contribution >= 4 is 33.7 Å². The molecule has 5 rings (SSSR count). The number of aliphatic hydroxyl groups is 1. The molecule has 2 aromatic carbocycles. The minimum atomic E-state index is -1.25. The smallest absolute Gasteiger partial charge is 0.312 e. The van der Waals surface area contributed by atoms with Crippen molar-refractivity contribution in [2.45, 2.75) is 67.3 Å². The van der Waals surface area contributed by atoms with Gasteiger partial charge in [-0.2, -0.15) is 0 Å². The Hall–Kier alpha value is -3.27. The van der Waals surface area contributed by atoms with Gasteiger partial charge in [-0.15, -0.1) is 13.2 Å². The molecule has 0 aliphatic carbocycles. The quantitative estimate of drug-likeness (QED) is 0.131.